The summed E-state index contributed by atoms with van der Waals surface area (Å²) in [5.74, 6) is -2.02. The molecular weight excluding hydrogens is 477 g/mol. The third kappa shape index (κ3) is 3.80. The van der Waals surface area contributed by atoms with Gasteiger partial charge in [-0.1, -0.05) is 40.2 Å². The number of ether oxygens (including phenoxy) is 1. The molecule has 0 saturated carbocycles. The molecule has 5 nitrogen and oxygen atoms in total. The van der Waals surface area contributed by atoms with Crippen LogP contribution in [0.15, 0.2) is 76.8 Å². The highest BCUT2D eigenvalue weighted by molar-refractivity contribution is 9.10. The van der Waals surface area contributed by atoms with E-state index in [1.165, 1.54) is 30.2 Å². The lowest BCUT2D eigenvalue weighted by molar-refractivity contribution is -0.132. The zero-order valence-corrected chi connectivity index (χ0v) is 18.9. The lowest BCUT2D eigenvalue weighted by Crippen LogP contribution is -2.29. The van der Waals surface area contributed by atoms with Crippen LogP contribution in [0.5, 0.6) is 5.75 Å². The molecule has 1 unspecified atom stereocenters. The second-order valence-electron chi connectivity index (χ2n) is 7.39. The molecule has 3 aromatic carbocycles. The summed E-state index contributed by atoms with van der Waals surface area (Å²) < 4.78 is 20.1. The molecular formula is C25H19BrFNO4. The number of ketones is 1. The van der Waals surface area contributed by atoms with Gasteiger partial charge in [0.05, 0.1) is 18.7 Å². The SMILES string of the molecule is COc1cccc(C2/C(=C(\O)c3ccc(Br)c(C)c3)C(=O)C(=O)N2c2cccc(F)c2)c1. The van der Waals surface area contributed by atoms with Gasteiger partial charge in [-0.2, -0.15) is 0 Å². The summed E-state index contributed by atoms with van der Waals surface area (Å²) in [6, 6.07) is 16.5. The number of halogens is 2. The predicted octanol–water partition coefficient (Wildman–Crippen LogP) is 5.53. The van der Waals surface area contributed by atoms with E-state index in [-0.39, 0.29) is 17.0 Å². The normalized spacial score (nSPS) is 17.6. The fourth-order valence-corrected chi connectivity index (χ4v) is 4.05. The standard InChI is InChI=1S/C25H19BrFNO4/c1-14-11-16(9-10-20(14)26)23(29)21-22(15-5-3-8-19(12-15)32-2)28(25(31)24(21)30)18-7-4-6-17(27)13-18/h3-13,22,29H,1-2H3/b23-21+. The molecule has 1 fully saturated rings. The largest absolute Gasteiger partial charge is 0.507 e. The maximum Gasteiger partial charge on any atom is 0.300 e. The van der Waals surface area contributed by atoms with Gasteiger partial charge in [0, 0.05) is 15.7 Å². The summed E-state index contributed by atoms with van der Waals surface area (Å²) >= 11 is 3.42. The third-order valence-corrected chi connectivity index (χ3v) is 6.26. The number of nitrogens with zero attached hydrogens (tertiary/aromatic N) is 1. The van der Waals surface area contributed by atoms with Gasteiger partial charge in [0.25, 0.3) is 11.7 Å². The molecule has 1 aliphatic heterocycles. The Kier molecular flexibility index (Phi) is 5.84. The first-order chi connectivity index (χ1) is 15.3. The number of aliphatic hydroxyl groups excluding tert-OH is 1. The average Bonchev–Trinajstić information content (AvgIpc) is 3.06. The molecule has 1 aliphatic rings. The molecule has 0 aliphatic carbocycles. The van der Waals surface area contributed by atoms with E-state index in [0.717, 1.165) is 10.0 Å². The quantitative estimate of drug-likeness (QED) is 0.293. The topological polar surface area (TPSA) is 66.8 Å². The smallest absolute Gasteiger partial charge is 0.300 e. The molecule has 3 aromatic rings. The van der Waals surface area contributed by atoms with Crippen LogP contribution in [0.4, 0.5) is 10.1 Å². The minimum absolute atomic E-state index is 0.0748. The number of rotatable bonds is 4. The summed E-state index contributed by atoms with van der Waals surface area (Å²) in [5.41, 5.74) is 1.94. The number of anilines is 1. The number of hydrogen-bond donors (Lipinski definition) is 1. The Morgan fingerprint density at radius 2 is 1.81 bits per heavy atom. The number of benzene rings is 3. The fourth-order valence-electron chi connectivity index (χ4n) is 3.80. The van der Waals surface area contributed by atoms with E-state index in [1.54, 1.807) is 48.5 Å². The van der Waals surface area contributed by atoms with Crippen LogP contribution in [-0.2, 0) is 9.59 Å². The van der Waals surface area contributed by atoms with Crippen LogP contribution in [0.1, 0.15) is 22.7 Å². The molecule has 1 amide bonds. The van der Waals surface area contributed by atoms with Crippen LogP contribution in [0.2, 0.25) is 0 Å². The maximum atomic E-state index is 14.0. The molecule has 1 N–H and O–H groups in total. The molecule has 4 rings (SSSR count). The third-order valence-electron chi connectivity index (χ3n) is 5.37. The van der Waals surface area contributed by atoms with Crippen molar-refractivity contribution in [2.45, 2.75) is 13.0 Å². The number of methoxy groups -OCH3 is 1. The van der Waals surface area contributed by atoms with Gasteiger partial charge in [0.2, 0.25) is 0 Å². The Labute approximate surface area is 192 Å². The lowest BCUT2D eigenvalue weighted by atomic mass is 9.94. The van der Waals surface area contributed by atoms with Crippen molar-refractivity contribution in [1.29, 1.82) is 0 Å². The number of Topliss-reactive ketones (excluding diaryl/α,β-unsaturated/α-hetero) is 1. The minimum Gasteiger partial charge on any atom is -0.507 e. The number of carbonyl (C=O) groups is 2. The molecule has 1 heterocycles. The van der Waals surface area contributed by atoms with Gasteiger partial charge < -0.3 is 9.84 Å². The first-order valence-electron chi connectivity index (χ1n) is 9.79. The van der Waals surface area contributed by atoms with Gasteiger partial charge in [0.1, 0.15) is 17.3 Å². The number of aliphatic hydroxyl groups is 1. The lowest BCUT2D eigenvalue weighted by Gasteiger charge is -2.25. The zero-order chi connectivity index (χ0) is 23.0. The molecule has 0 radical (unpaired) electrons. The van der Waals surface area contributed by atoms with E-state index in [9.17, 15) is 19.1 Å². The van der Waals surface area contributed by atoms with Crippen LogP contribution in [0.25, 0.3) is 5.76 Å². The van der Waals surface area contributed by atoms with Gasteiger partial charge >= 0.3 is 0 Å². The van der Waals surface area contributed by atoms with E-state index in [0.29, 0.717) is 16.9 Å². The molecule has 0 aromatic heterocycles. The van der Waals surface area contributed by atoms with Crippen LogP contribution in [0, 0.1) is 12.7 Å². The van der Waals surface area contributed by atoms with Gasteiger partial charge in [0.15, 0.2) is 0 Å². The second kappa shape index (κ2) is 8.59. The van der Waals surface area contributed by atoms with Crippen molar-refractivity contribution in [2.24, 2.45) is 0 Å². The molecule has 0 bridgehead atoms. The van der Waals surface area contributed by atoms with Crippen molar-refractivity contribution in [2.75, 3.05) is 12.0 Å². The van der Waals surface area contributed by atoms with E-state index in [1.807, 2.05) is 6.92 Å². The number of hydrogen-bond acceptors (Lipinski definition) is 4. The fraction of sp³-hybridized carbons (Fsp3) is 0.120. The Hall–Kier alpha value is -3.45. The highest BCUT2D eigenvalue weighted by Gasteiger charge is 2.47. The van der Waals surface area contributed by atoms with E-state index >= 15 is 0 Å². The molecule has 1 saturated heterocycles. The number of amides is 1. The summed E-state index contributed by atoms with van der Waals surface area (Å²) in [4.78, 5) is 27.4. The Bertz CT molecular complexity index is 1270. The summed E-state index contributed by atoms with van der Waals surface area (Å²) in [7, 11) is 1.51. The van der Waals surface area contributed by atoms with E-state index in [4.69, 9.17) is 4.74 Å². The van der Waals surface area contributed by atoms with Crippen molar-refractivity contribution >= 4 is 39.1 Å². The summed E-state index contributed by atoms with van der Waals surface area (Å²) in [6.07, 6.45) is 0. The first-order valence-corrected chi connectivity index (χ1v) is 10.6. The Morgan fingerprint density at radius 3 is 2.50 bits per heavy atom. The van der Waals surface area contributed by atoms with Gasteiger partial charge in [-0.15, -0.1) is 0 Å². The Balaban J connectivity index is 1.97. The van der Waals surface area contributed by atoms with Crippen LogP contribution < -0.4 is 9.64 Å². The molecule has 7 heteroatoms. The van der Waals surface area contributed by atoms with Crippen molar-refractivity contribution in [3.8, 4) is 5.75 Å². The van der Waals surface area contributed by atoms with Gasteiger partial charge in [-0.25, -0.2) is 4.39 Å². The monoisotopic (exact) mass is 495 g/mol. The highest BCUT2D eigenvalue weighted by atomic mass is 79.9. The second-order valence-corrected chi connectivity index (χ2v) is 8.24. The molecule has 0 spiro atoms. The molecule has 1 atom stereocenters. The van der Waals surface area contributed by atoms with Crippen molar-refractivity contribution in [3.63, 3.8) is 0 Å². The van der Waals surface area contributed by atoms with Gasteiger partial charge in [-0.05, 0) is 60.5 Å². The van der Waals surface area contributed by atoms with E-state index in [2.05, 4.69) is 15.9 Å². The Morgan fingerprint density at radius 1 is 1.06 bits per heavy atom. The molecule has 32 heavy (non-hydrogen) atoms. The number of carbonyl (C=O) groups excluding carboxylic acids is 2. The van der Waals surface area contributed by atoms with Gasteiger partial charge in [-0.3, -0.25) is 14.5 Å². The van der Waals surface area contributed by atoms with Crippen molar-refractivity contribution in [3.05, 3.63) is 99.3 Å². The summed E-state index contributed by atoms with van der Waals surface area (Å²) in [6.45, 7) is 1.85. The predicted molar refractivity (Wildman–Crippen MR) is 123 cm³/mol. The number of aryl methyl sites for hydroxylation is 1. The minimum atomic E-state index is -0.962. The maximum absolute atomic E-state index is 14.0. The van der Waals surface area contributed by atoms with Crippen LogP contribution in [-0.4, -0.2) is 23.9 Å². The first kappa shape index (κ1) is 21.8. The van der Waals surface area contributed by atoms with E-state index < -0.39 is 23.5 Å². The summed E-state index contributed by atoms with van der Waals surface area (Å²) in [5, 5.41) is 11.2. The van der Waals surface area contributed by atoms with Crippen LogP contribution >= 0.6 is 15.9 Å². The van der Waals surface area contributed by atoms with Crippen molar-refractivity contribution in [1.82, 2.24) is 0 Å². The van der Waals surface area contributed by atoms with Crippen LogP contribution in [0.3, 0.4) is 0 Å². The zero-order valence-electron chi connectivity index (χ0n) is 17.3. The van der Waals surface area contributed by atoms with Crippen molar-refractivity contribution < 1.29 is 23.8 Å². The average molecular weight is 496 g/mol. The highest BCUT2D eigenvalue weighted by Crippen LogP contribution is 2.43. The molecule has 162 valence electrons.